The molecule has 0 spiro atoms. The van der Waals surface area contributed by atoms with Crippen molar-refractivity contribution < 1.29 is 0 Å². The third-order valence-corrected chi connectivity index (χ3v) is 3.77. The maximum absolute atomic E-state index is 5.79. The standard InChI is InChI=1S/C13H19BrN6/c1-4-5-20-13(11(14)7-16-20)12(17-15)10-6-8(2)18-19-9(10)3/h6-7,12,17H,4-5,15H2,1-3H3. The number of nitrogens with one attached hydrogen (secondary N) is 1. The molecule has 7 heteroatoms. The fraction of sp³-hybridized carbons (Fsp3) is 0.462. The molecule has 2 aromatic rings. The van der Waals surface area contributed by atoms with E-state index in [2.05, 4.69) is 43.6 Å². The second-order valence-corrected chi connectivity index (χ2v) is 5.58. The van der Waals surface area contributed by atoms with Gasteiger partial charge in [0, 0.05) is 12.1 Å². The Bertz CT molecular complexity index is 595. The molecule has 3 N–H and O–H groups in total. The summed E-state index contributed by atoms with van der Waals surface area (Å²) in [6.45, 7) is 6.81. The minimum atomic E-state index is -0.173. The SMILES string of the molecule is CCCn1ncc(Br)c1C(NN)c1cc(C)nnc1C. The lowest BCUT2D eigenvalue weighted by molar-refractivity contribution is 0.516. The maximum Gasteiger partial charge on any atom is 0.0908 e. The van der Waals surface area contributed by atoms with E-state index in [9.17, 15) is 0 Å². The Morgan fingerprint density at radius 1 is 1.40 bits per heavy atom. The Balaban J connectivity index is 2.52. The van der Waals surface area contributed by atoms with Gasteiger partial charge >= 0.3 is 0 Å². The van der Waals surface area contributed by atoms with Gasteiger partial charge < -0.3 is 0 Å². The number of hydrazine groups is 1. The number of halogens is 1. The van der Waals surface area contributed by atoms with Gasteiger partial charge in [0.2, 0.25) is 0 Å². The van der Waals surface area contributed by atoms with Gasteiger partial charge in [-0.2, -0.15) is 15.3 Å². The van der Waals surface area contributed by atoms with Crippen molar-refractivity contribution in [3.05, 3.63) is 39.4 Å². The van der Waals surface area contributed by atoms with E-state index in [-0.39, 0.29) is 6.04 Å². The third kappa shape index (κ3) is 2.89. The van der Waals surface area contributed by atoms with Crippen LogP contribution in [-0.2, 0) is 6.54 Å². The van der Waals surface area contributed by atoms with Gasteiger partial charge in [0.1, 0.15) is 0 Å². The smallest absolute Gasteiger partial charge is 0.0908 e. The molecule has 2 aromatic heterocycles. The highest BCUT2D eigenvalue weighted by Crippen LogP contribution is 2.29. The molecule has 1 atom stereocenters. The normalized spacial score (nSPS) is 12.7. The summed E-state index contributed by atoms with van der Waals surface area (Å²) < 4.78 is 2.90. The highest BCUT2D eigenvalue weighted by Gasteiger charge is 2.23. The summed E-state index contributed by atoms with van der Waals surface area (Å²) in [5.41, 5.74) is 6.61. The lowest BCUT2D eigenvalue weighted by Gasteiger charge is -2.20. The molecule has 0 bridgehead atoms. The first-order valence-corrected chi connectivity index (χ1v) is 7.36. The molecule has 0 saturated carbocycles. The molecule has 6 nitrogen and oxygen atoms in total. The van der Waals surface area contributed by atoms with Crippen molar-refractivity contribution in [2.45, 2.75) is 39.8 Å². The van der Waals surface area contributed by atoms with Gasteiger partial charge in [0.05, 0.1) is 33.8 Å². The molecule has 0 aromatic carbocycles. The van der Waals surface area contributed by atoms with Crippen molar-refractivity contribution in [1.29, 1.82) is 0 Å². The van der Waals surface area contributed by atoms with E-state index in [1.165, 1.54) is 0 Å². The molecule has 0 radical (unpaired) electrons. The Labute approximate surface area is 126 Å². The number of nitrogens with two attached hydrogens (primary N) is 1. The van der Waals surface area contributed by atoms with E-state index >= 15 is 0 Å². The Morgan fingerprint density at radius 3 is 2.80 bits per heavy atom. The first kappa shape index (κ1) is 15.1. The third-order valence-electron chi connectivity index (χ3n) is 3.16. The van der Waals surface area contributed by atoms with Crippen molar-refractivity contribution in [2.75, 3.05) is 0 Å². The molecule has 1 unspecified atom stereocenters. The lowest BCUT2D eigenvalue weighted by atomic mass is 10.0. The van der Waals surface area contributed by atoms with Gasteiger partial charge in [-0.1, -0.05) is 6.92 Å². The summed E-state index contributed by atoms with van der Waals surface area (Å²) in [5, 5.41) is 12.6. The van der Waals surface area contributed by atoms with Crippen molar-refractivity contribution >= 4 is 15.9 Å². The van der Waals surface area contributed by atoms with Crippen LogP contribution < -0.4 is 11.3 Å². The molecule has 2 heterocycles. The summed E-state index contributed by atoms with van der Waals surface area (Å²) in [6.07, 6.45) is 2.80. The summed E-state index contributed by atoms with van der Waals surface area (Å²) >= 11 is 3.55. The number of rotatable bonds is 5. The van der Waals surface area contributed by atoms with Crippen LogP contribution in [0.25, 0.3) is 0 Å². The van der Waals surface area contributed by atoms with Gasteiger partial charge in [-0.25, -0.2) is 5.43 Å². The quantitative estimate of drug-likeness (QED) is 0.643. The molecule has 2 rings (SSSR count). The Morgan fingerprint density at radius 2 is 2.15 bits per heavy atom. The van der Waals surface area contributed by atoms with Crippen molar-refractivity contribution in [3.63, 3.8) is 0 Å². The number of nitrogens with zero attached hydrogens (tertiary/aromatic N) is 4. The second-order valence-electron chi connectivity index (χ2n) is 4.73. The molecule has 0 aliphatic rings. The molecule has 0 fully saturated rings. The van der Waals surface area contributed by atoms with Crippen molar-refractivity contribution in [1.82, 2.24) is 25.4 Å². The highest BCUT2D eigenvalue weighted by molar-refractivity contribution is 9.10. The topological polar surface area (TPSA) is 81.7 Å². The van der Waals surface area contributed by atoms with Crippen LogP contribution in [0, 0.1) is 13.8 Å². The van der Waals surface area contributed by atoms with E-state index in [0.717, 1.165) is 40.1 Å². The van der Waals surface area contributed by atoms with Crippen LogP contribution in [-0.4, -0.2) is 20.0 Å². The molecule has 0 aliphatic carbocycles. The minimum absolute atomic E-state index is 0.173. The molecular formula is C13H19BrN6. The van der Waals surface area contributed by atoms with E-state index in [4.69, 9.17) is 5.84 Å². The molecular weight excluding hydrogens is 320 g/mol. The van der Waals surface area contributed by atoms with Crippen LogP contribution in [0.1, 0.15) is 42.0 Å². The summed E-state index contributed by atoms with van der Waals surface area (Å²) in [7, 11) is 0. The zero-order chi connectivity index (χ0) is 14.7. The summed E-state index contributed by atoms with van der Waals surface area (Å²) in [6, 6.07) is 1.83. The predicted molar refractivity (Wildman–Crippen MR) is 80.9 cm³/mol. The minimum Gasteiger partial charge on any atom is -0.271 e. The first-order valence-electron chi connectivity index (χ1n) is 6.56. The number of aryl methyl sites for hydroxylation is 3. The van der Waals surface area contributed by atoms with Gasteiger partial charge in [-0.15, -0.1) is 0 Å². The van der Waals surface area contributed by atoms with Crippen LogP contribution in [0.15, 0.2) is 16.7 Å². The van der Waals surface area contributed by atoms with E-state index in [1.54, 1.807) is 6.20 Å². The van der Waals surface area contributed by atoms with Gasteiger partial charge in [-0.3, -0.25) is 10.5 Å². The summed E-state index contributed by atoms with van der Waals surface area (Å²) in [4.78, 5) is 0. The van der Waals surface area contributed by atoms with Crippen LogP contribution in [0.3, 0.4) is 0 Å². The zero-order valence-corrected chi connectivity index (χ0v) is 13.5. The fourth-order valence-electron chi connectivity index (χ4n) is 2.23. The predicted octanol–water partition coefficient (Wildman–Crippen LogP) is 2.02. The molecule has 108 valence electrons. The number of hydrogen-bond donors (Lipinski definition) is 2. The van der Waals surface area contributed by atoms with Gasteiger partial charge in [0.25, 0.3) is 0 Å². The molecule has 0 saturated heterocycles. The maximum atomic E-state index is 5.79. The highest BCUT2D eigenvalue weighted by atomic mass is 79.9. The van der Waals surface area contributed by atoms with Gasteiger partial charge in [0.15, 0.2) is 0 Å². The average Bonchev–Trinajstić information content (AvgIpc) is 2.77. The summed E-state index contributed by atoms with van der Waals surface area (Å²) in [5.74, 6) is 5.79. The second kappa shape index (κ2) is 6.43. The molecule has 0 aliphatic heterocycles. The number of aromatic nitrogens is 4. The largest absolute Gasteiger partial charge is 0.271 e. The zero-order valence-electron chi connectivity index (χ0n) is 11.9. The molecule has 20 heavy (non-hydrogen) atoms. The van der Waals surface area contributed by atoms with Crippen LogP contribution >= 0.6 is 15.9 Å². The van der Waals surface area contributed by atoms with Crippen LogP contribution in [0.4, 0.5) is 0 Å². The molecule has 0 amide bonds. The van der Waals surface area contributed by atoms with Gasteiger partial charge in [-0.05, 0) is 42.3 Å². The van der Waals surface area contributed by atoms with Crippen LogP contribution in [0.2, 0.25) is 0 Å². The van der Waals surface area contributed by atoms with E-state index < -0.39 is 0 Å². The van der Waals surface area contributed by atoms with Crippen molar-refractivity contribution in [2.24, 2.45) is 5.84 Å². The number of hydrogen-bond acceptors (Lipinski definition) is 5. The lowest BCUT2D eigenvalue weighted by Crippen LogP contribution is -2.32. The van der Waals surface area contributed by atoms with Crippen molar-refractivity contribution in [3.8, 4) is 0 Å². The van der Waals surface area contributed by atoms with E-state index in [0.29, 0.717) is 0 Å². The average molecular weight is 339 g/mol. The first-order chi connectivity index (χ1) is 9.58. The van der Waals surface area contributed by atoms with E-state index in [1.807, 2.05) is 24.6 Å². The van der Waals surface area contributed by atoms with Crippen LogP contribution in [0.5, 0.6) is 0 Å². The fourth-order valence-corrected chi connectivity index (χ4v) is 2.75. The monoisotopic (exact) mass is 338 g/mol. The Hall–Kier alpha value is -1.31. The Kier molecular flexibility index (Phi) is 4.85.